The number of hydrogen-bond donors (Lipinski definition) is 0. The van der Waals surface area contributed by atoms with E-state index in [4.69, 9.17) is 15.0 Å². The van der Waals surface area contributed by atoms with E-state index in [0.717, 1.165) is 10.9 Å². The van der Waals surface area contributed by atoms with Gasteiger partial charge in [-0.1, -0.05) is 91.0 Å². The minimum absolute atomic E-state index is 0.234. The van der Waals surface area contributed by atoms with Crippen molar-refractivity contribution in [1.82, 2.24) is 15.0 Å². The summed E-state index contributed by atoms with van der Waals surface area (Å²) in [6, 6.07) is 42.8. The van der Waals surface area contributed by atoms with Gasteiger partial charge in [0.05, 0.1) is 62.5 Å². The van der Waals surface area contributed by atoms with Crippen LogP contribution in [0.3, 0.4) is 0 Å². The number of nitrogens with zero attached hydrogens (tertiary/aromatic N) is 5. The Labute approximate surface area is 321 Å². The zero-order valence-corrected chi connectivity index (χ0v) is 29.3. The Kier molecular flexibility index (Phi) is 8.45. The summed E-state index contributed by atoms with van der Waals surface area (Å²) in [5.74, 6) is -10.2. The van der Waals surface area contributed by atoms with E-state index in [1.54, 1.807) is 54.6 Å². The molecule has 2 heterocycles. The fourth-order valence-electron chi connectivity index (χ4n) is 7.18. The number of rotatable bonds is 5. The lowest BCUT2D eigenvalue weighted by Crippen LogP contribution is -2.04. The van der Waals surface area contributed by atoms with Gasteiger partial charge in [0.2, 0.25) is 5.82 Å². The maximum Gasteiger partial charge on any atom is 0.200 e. The van der Waals surface area contributed by atoms with Crippen molar-refractivity contribution in [2.45, 2.75) is 0 Å². The van der Waals surface area contributed by atoms with Crippen LogP contribution >= 0.6 is 0 Å². The number of aromatic nitrogens is 3. The Balaban J connectivity index is 1.42. The summed E-state index contributed by atoms with van der Waals surface area (Å²) in [5, 5.41) is 21.0. The van der Waals surface area contributed by atoms with Crippen LogP contribution in [0.15, 0.2) is 133 Å². The minimum Gasteiger partial charge on any atom is -0.247 e. The first kappa shape index (κ1) is 34.9. The van der Waals surface area contributed by atoms with Crippen molar-refractivity contribution >= 4 is 32.7 Å². The van der Waals surface area contributed by atoms with Gasteiger partial charge < -0.3 is 0 Å². The van der Waals surface area contributed by atoms with Crippen LogP contribution in [0.25, 0.3) is 88.7 Å². The summed E-state index contributed by atoms with van der Waals surface area (Å²) < 4.78 is 73.1. The SMILES string of the molecule is N#Cc1ccc(-c2nc3c(-c4ccccc4)cc4c(-c5cccc(-c6c(F)c(F)c(F)c(F)c6F)c5)nc5ccccc5c4c3nc2-c2ccc(C#N)cc2)cc1. The normalized spacial score (nSPS) is 11.2. The van der Waals surface area contributed by atoms with E-state index in [9.17, 15) is 23.7 Å². The summed E-state index contributed by atoms with van der Waals surface area (Å²) in [7, 11) is 0. The lowest BCUT2D eigenvalue weighted by molar-refractivity contribution is 0.381. The number of benzene rings is 7. The average Bonchev–Trinajstić information content (AvgIpc) is 3.27. The quantitative estimate of drug-likeness (QED) is 0.0756. The fraction of sp³-hybridized carbons (Fsp3) is 0. The predicted octanol–water partition coefficient (Wildman–Crippen LogP) is 12.1. The highest BCUT2D eigenvalue weighted by atomic mass is 19.2. The molecule has 0 radical (unpaired) electrons. The van der Waals surface area contributed by atoms with Crippen LogP contribution in [0.1, 0.15) is 11.1 Å². The molecule has 57 heavy (non-hydrogen) atoms. The van der Waals surface area contributed by atoms with Gasteiger partial charge in [-0.25, -0.2) is 36.9 Å². The van der Waals surface area contributed by atoms with E-state index < -0.39 is 34.6 Å². The summed E-state index contributed by atoms with van der Waals surface area (Å²) >= 11 is 0. The Bertz CT molecular complexity index is 3160. The molecule has 0 N–H and O–H groups in total. The Hall–Kier alpha value is -7.82. The largest absolute Gasteiger partial charge is 0.247 e. The molecule has 10 heteroatoms. The van der Waals surface area contributed by atoms with Crippen LogP contribution in [-0.2, 0) is 0 Å². The average molecular weight is 752 g/mol. The van der Waals surface area contributed by atoms with Crippen molar-refractivity contribution in [2.75, 3.05) is 0 Å². The van der Waals surface area contributed by atoms with Crippen molar-refractivity contribution in [2.24, 2.45) is 0 Å². The van der Waals surface area contributed by atoms with Crippen LogP contribution in [-0.4, -0.2) is 15.0 Å². The van der Waals surface area contributed by atoms with Crippen molar-refractivity contribution in [1.29, 1.82) is 10.5 Å². The second-order valence-corrected chi connectivity index (χ2v) is 13.2. The van der Waals surface area contributed by atoms with Crippen LogP contribution in [0.5, 0.6) is 0 Å². The van der Waals surface area contributed by atoms with E-state index in [1.807, 2.05) is 60.7 Å². The minimum atomic E-state index is -2.24. The second-order valence-electron chi connectivity index (χ2n) is 13.2. The third kappa shape index (κ3) is 5.79. The molecule has 0 aliphatic carbocycles. The molecule has 0 aliphatic rings. The van der Waals surface area contributed by atoms with E-state index in [1.165, 1.54) is 18.2 Å². The molecule has 0 saturated carbocycles. The van der Waals surface area contributed by atoms with Gasteiger partial charge in [-0.2, -0.15) is 10.5 Å². The number of halogens is 5. The summed E-state index contributed by atoms with van der Waals surface area (Å²) in [5.41, 5.74) is 5.83. The van der Waals surface area contributed by atoms with E-state index in [2.05, 4.69) is 12.1 Å². The Morgan fingerprint density at radius 2 is 0.930 bits per heavy atom. The highest BCUT2D eigenvalue weighted by Crippen LogP contribution is 2.44. The highest BCUT2D eigenvalue weighted by Gasteiger charge is 2.27. The Morgan fingerprint density at radius 3 is 1.54 bits per heavy atom. The van der Waals surface area contributed by atoms with Gasteiger partial charge in [0, 0.05) is 38.4 Å². The molecule has 270 valence electrons. The molecule has 0 saturated heterocycles. The van der Waals surface area contributed by atoms with Crippen LogP contribution in [0.2, 0.25) is 0 Å². The first-order valence-corrected chi connectivity index (χ1v) is 17.5. The molecule has 9 rings (SSSR count). The van der Waals surface area contributed by atoms with E-state index in [0.29, 0.717) is 77.8 Å². The smallest absolute Gasteiger partial charge is 0.200 e. The first-order valence-electron chi connectivity index (χ1n) is 17.5. The maximum atomic E-state index is 15.1. The number of pyridine rings is 1. The van der Waals surface area contributed by atoms with Crippen molar-refractivity contribution in [3.63, 3.8) is 0 Å². The molecule has 0 spiro atoms. The van der Waals surface area contributed by atoms with E-state index in [-0.39, 0.29) is 5.56 Å². The fourth-order valence-corrected chi connectivity index (χ4v) is 7.18. The molecule has 0 unspecified atom stereocenters. The second kappa shape index (κ2) is 13.8. The monoisotopic (exact) mass is 751 g/mol. The summed E-state index contributed by atoms with van der Waals surface area (Å²) in [6.07, 6.45) is 0. The van der Waals surface area contributed by atoms with E-state index >= 15 is 8.78 Å². The molecule has 7 aromatic carbocycles. The third-order valence-electron chi connectivity index (χ3n) is 9.90. The number of nitriles is 2. The standard InChI is InChI=1S/C47H22F5N5/c48-38-36(39(49)41(51)42(52)40(38)50)30-9-6-10-31(21-30)43-34-22-33(27-7-2-1-3-8-27)46-47(37(34)32-11-4-5-12-35(32)55-43)57-45(29-19-15-26(24-54)16-20-29)44(56-46)28-17-13-25(23-53)14-18-28/h1-22H. The van der Waals surface area contributed by atoms with Crippen molar-refractivity contribution < 1.29 is 22.0 Å². The highest BCUT2D eigenvalue weighted by molar-refractivity contribution is 6.24. The number of hydrogen-bond acceptors (Lipinski definition) is 5. The van der Waals surface area contributed by atoms with Gasteiger partial charge in [0.15, 0.2) is 23.3 Å². The van der Waals surface area contributed by atoms with Crippen LogP contribution in [0, 0.1) is 51.7 Å². The maximum absolute atomic E-state index is 15.1. The third-order valence-corrected chi connectivity index (χ3v) is 9.90. The molecular weight excluding hydrogens is 730 g/mol. The van der Waals surface area contributed by atoms with Crippen LogP contribution < -0.4 is 0 Å². The summed E-state index contributed by atoms with van der Waals surface area (Å²) in [4.78, 5) is 15.7. The number of para-hydroxylation sites is 1. The predicted molar refractivity (Wildman–Crippen MR) is 209 cm³/mol. The van der Waals surface area contributed by atoms with Gasteiger partial charge in [0.25, 0.3) is 0 Å². The van der Waals surface area contributed by atoms with Gasteiger partial charge in [-0.05, 0) is 53.6 Å². The molecule has 0 bridgehead atoms. The number of fused-ring (bicyclic) bond motifs is 5. The molecule has 0 aliphatic heterocycles. The van der Waals surface area contributed by atoms with Gasteiger partial charge in [-0.15, -0.1) is 0 Å². The molecule has 0 fully saturated rings. The molecule has 0 atom stereocenters. The van der Waals surface area contributed by atoms with Gasteiger partial charge in [-0.3, -0.25) is 0 Å². The lowest BCUT2D eigenvalue weighted by Gasteiger charge is -2.18. The lowest BCUT2D eigenvalue weighted by atomic mass is 9.92. The van der Waals surface area contributed by atoms with Gasteiger partial charge >= 0.3 is 0 Å². The van der Waals surface area contributed by atoms with Crippen molar-refractivity contribution in [3.8, 4) is 68.2 Å². The zero-order valence-electron chi connectivity index (χ0n) is 29.3. The van der Waals surface area contributed by atoms with Crippen molar-refractivity contribution in [3.05, 3.63) is 174 Å². The summed E-state index contributed by atoms with van der Waals surface area (Å²) in [6.45, 7) is 0. The molecule has 5 nitrogen and oxygen atoms in total. The molecule has 9 aromatic rings. The Morgan fingerprint density at radius 1 is 0.404 bits per heavy atom. The zero-order chi connectivity index (χ0) is 39.4. The van der Waals surface area contributed by atoms with Crippen LogP contribution in [0.4, 0.5) is 22.0 Å². The topological polar surface area (TPSA) is 86.2 Å². The molecule has 0 amide bonds. The van der Waals surface area contributed by atoms with Gasteiger partial charge in [0.1, 0.15) is 0 Å². The first-order chi connectivity index (χ1) is 27.7. The molecule has 2 aromatic heterocycles. The molecular formula is C47H22F5N5.